The van der Waals surface area contributed by atoms with Crippen LogP contribution in [0, 0.1) is 20.8 Å². The molecule has 13 heteroatoms. The van der Waals surface area contributed by atoms with Gasteiger partial charge >= 0.3 is 21.1 Å². The Bertz CT molecular complexity index is 1110. The third-order valence-electron chi connectivity index (χ3n) is 4.56. The summed E-state index contributed by atoms with van der Waals surface area (Å²) in [7, 11) is 1.76. The molecule has 3 rings (SSSR count). The fourth-order valence-electron chi connectivity index (χ4n) is 2.85. The SMILES string of the molecule is [CH2-]C([CH-]C)Oc1nc(Nc2cnn(C[C@@H](O)CNC)c2)ncc1C(=O)Nc1c(Cl)cccc1Cl.[CH3-].[Mo+3]. The fraction of sp³-hybridized carbons (Fsp3) is 0.261. The smallest absolute Gasteiger partial charge is 0.538 e. The summed E-state index contributed by atoms with van der Waals surface area (Å²) in [6.45, 7) is 6.38. The Morgan fingerprint density at radius 2 is 2.00 bits per heavy atom. The summed E-state index contributed by atoms with van der Waals surface area (Å²) in [6, 6.07) is 4.90. The molecule has 0 fully saturated rings. The number of carbonyl (C=O) groups is 1. The van der Waals surface area contributed by atoms with E-state index in [2.05, 4.69) is 37.9 Å². The van der Waals surface area contributed by atoms with E-state index in [0.29, 0.717) is 18.8 Å². The summed E-state index contributed by atoms with van der Waals surface area (Å²) >= 11 is 12.3. The number of rotatable bonds is 11. The molecule has 4 N–H and O–H groups in total. The van der Waals surface area contributed by atoms with E-state index in [0.717, 1.165) is 0 Å². The topological polar surface area (TPSA) is 126 Å². The molecule has 2 atom stereocenters. The third-order valence-corrected chi connectivity index (χ3v) is 5.19. The first kappa shape index (κ1) is 31.8. The van der Waals surface area contributed by atoms with Gasteiger partial charge in [-0.25, -0.2) is 4.98 Å². The Hall–Kier alpha value is -2.23. The number of hydrogen-bond donors (Lipinski definition) is 4. The molecule has 1 amide bonds. The molecule has 0 saturated carbocycles. The van der Waals surface area contributed by atoms with Crippen molar-refractivity contribution in [2.45, 2.75) is 25.7 Å². The minimum atomic E-state index is -0.585. The van der Waals surface area contributed by atoms with Gasteiger partial charge in [-0.3, -0.25) is 9.48 Å². The number of aliphatic hydroxyl groups is 1. The second-order valence-corrected chi connectivity index (χ2v) is 8.05. The van der Waals surface area contributed by atoms with E-state index < -0.39 is 18.1 Å². The van der Waals surface area contributed by atoms with Crippen molar-refractivity contribution < 1.29 is 35.7 Å². The van der Waals surface area contributed by atoms with Gasteiger partial charge in [-0.05, 0) is 19.2 Å². The van der Waals surface area contributed by atoms with Gasteiger partial charge in [0.05, 0.1) is 40.3 Å². The van der Waals surface area contributed by atoms with Gasteiger partial charge in [0, 0.05) is 18.9 Å². The number of hydrogen-bond acceptors (Lipinski definition) is 8. The summed E-state index contributed by atoms with van der Waals surface area (Å²) in [6.07, 6.45) is 5.16. The zero-order valence-electron chi connectivity index (χ0n) is 20.0. The molecule has 0 aliphatic carbocycles. The van der Waals surface area contributed by atoms with E-state index in [-0.39, 0.29) is 61.6 Å². The normalized spacial score (nSPS) is 12.1. The van der Waals surface area contributed by atoms with Crippen LogP contribution in [0.5, 0.6) is 5.88 Å². The number of aliphatic hydroxyl groups excluding tert-OH is 1. The minimum Gasteiger partial charge on any atom is -0.538 e. The summed E-state index contributed by atoms with van der Waals surface area (Å²) in [5.41, 5.74) is 0.934. The van der Waals surface area contributed by atoms with Crippen molar-refractivity contribution in [1.82, 2.24) is 25.1 Å². The summed E-state index contributed by atoms with van der Waals surface area (Å²) in [5.74, 6) is -0.347. The Morgan fingerprint density at radius 1 is 1.31 bits per heavy atom. The molecular weight excluding hydrogens is 589 g/mol. The van der Waals surface area contributed by atoms with Crippen LogP contribution in [0.25, 0.3) is 0 Å². The number of halogens is 2. The monoisotopic (exact) mass is 618 g/mol. The minimum absolute atomic E-state index is 0. The van der Waals surface area contributed by atoms with Crippen molar-refractivity contribution >= 4 is 46.4 Å². The van der Waals surface area contributed by atoms with Crippen LogP contribution in [0.2, 0.25) is 10.0 Å². The average molecular weight is 617 g/mol. The quantitative estimate of drug-likeness (QED) is 0.189. The molecule has 1 unspecified atom stereocenters. The van der Waals surface area contributed by atoms with Gasteiger partial charge in [0.15, 0.2) is 0 Å². The predicted octanol–water partition coefficient (Wildman–Crippen LogP) is 3.81. The second-order valence-electron chi connectivity index (χ2n) is 7.24. The fourth-order valence-corrected chi connectivity index (χ4v) is 3.35. The van der Waals surface area contributed by atoms with Crippen molar-refractivity contribution in [3.63, 3.8) is 0 Å². The third kappa shape index (κ3) is 8.71. The molecule has 0 saturated heterocycles. The van der Waals surface area contributed by atoms with Crippen molar-refractivity contribution in [2.75, 3.05) is 24.2 Å². The Kier molecular flexibility index (Phi) is 13.4. The van der Waals surface area contributed by atoms with E-state index in [4.69, 9.17) is 27.9 Å². The van der Waals surface area contributed by atoms with Crippen molar-refractivity contribution in [3.05, 3.63) is 73.2 Å². The molecule has 0 bridgehead atoms. The number of nitrogens with one attached hydrogen (secondary N) is 3. The number of nitrogens with zero attached hydrogens (tertiary/aromatic N) is 4. The second kappa shape index (κ2) is 15.1. The Balaban J connectivity index is 0.00000324. The summed E-state index contributed by atoms with van der Waals surface area (Å²) < 4.78 is 7.32. The first-order valence-electron chi connectivity index (χ1n) is 10.3. The molecule has 2 aromatic heterocycles. The van der Waals surface area contributed by atoms with Crippen molar-refractivity contribution in [3.8, 4) is 5.88 Å². The molecule has 0 aliphatic rings. The number of likely N-dealkylation sites (N-methyl/N-ethyl adjacent to an activating group) is 1. The van der Waals surface area contributed by atoms with Crippen molar-refractivity contribution in [2.24, 2.45) is 0 Å². The molecule has 193 valence electrons. The maximum absolute atomic E-state index is 13.0. The Labute approximate surface area is 235 Å². The molecule has 1 radical (unpaired) electrons. The standard InChI is InChI=1S/C22H25Cl2N7O3.CH3.Mo/c1-4-13(2)34-21-16(20(33)29-19-17(23)6-5-7-18(19)24)10-26-22(30-21)28-14-8-27-31(11-14)12-15(32)9-25-3;;/h4-8,10-11,13,15,25,32H,2,9,12H2,1,3H3,(H,29,33)(H,26,28,30);1H3;/q-2;-1;+3/t13?,15-;;/m0../s1. The van der Waals surface area contributed by atoms with Crippen LogP contribution in [0.4, 0.5) is 17.3 Å². The zero-order chi connectivity index (χ0) is 24.7. The van der Waals surface area contributed by atoms with Crippen LogP contribution in [-0.2, 0) is 27.6 Å². The number of anilines is 3. The first-order chi connectivity index (χ1) is 16.3. The van der Waals surface area contributed by atoms with Gasteiger partial charge in [0.2, 0.25) is 11.8 Å². The maximum Gasteiger partial charge on any atom is 3.00 e. The number of benzene rings is 1. The molecular formula is C23H28Cl2MoN7O3. The number of ether oxygens (including phenoxy) is 1. The van der Waals surface area contributed by atoms with Gasteiger partial charge in [0.25, 0.3) is 5.91 Å². The molecule has 0 aliphatic heterocycles. The van der Waals surface area contributed by atoms with E-state index in [1.807, 2.05) is 0 Å². The molecule has 2 heterocycles. The summed E-state index contributed by atoms with van der Waals surface area (Å²) in [5, 5.41) is 23.3. The van der Waals surface area contributed by atoms with Crippen LogP contribution >= 0.6 is 23.2 Å². The van der Waals surface area contributed by atoms with E-state index in [1.54, 1.807) is 55.7 Å². The number of carbonyl (C=O) groups excluding carboxylic acids is 1. The number of aromatic nitrogens is 4. The van der Waals surface area contributed by atoms with E-state index in [1.165, 1.54) is 6.20 Å². The molecule has 10 nitrogen and oxygen atoms in total. The van der Waals surface area contributed by atoms with Gasteiger partial charge < -0.3 is 46.6 Å². The molecule has 3 aromatic rings. The van der Waals surface area contributed by atoms with Crippen LogP contribution in [0.15, 0.2) is 36.8 Å². The average Bonchev–Trinajstić information content (AvgIpc) is 3.23. The number of para-hydroxylation sites is 1. The van der Waals surface area contributed by atoms with Gasteiger partial charge in [-0.15, -0.1) is 6.10 Å². The summed E-state index contributed by atoms with van der Waals surface area (Å²) in [4.78, 5) is 21.5. The molecule has 36 heavy (non-hydrogen) atoms. The molecule has 0 spiro atoms. The largest absolute Gasteiger partial charge is 3.00 e. The van der Waals surface area contributed by atoms with Crippen LogP contribution in [0.3, 0.4) is 0 Å². The van der Waals surface area contributed by atoms with Gasteiger partial charge in [-0.2, -0.15) is 17.0 Å². The first-order valence-corrected chi connectivity index (χ1v) is 11.1. The Morgan fingerprint density at radius 3 is 2.64 bits per heavy atom. The van der Waals surface area contributed by atoms with Crippen LogP contribution < -0.4 is 20.7 Å². The predicted molar refractivity (Wildman–Crippen MR) is 138 cm³/mol. The van der Waals surface area contributed by atoms with Crippen LogP contribution in [0.1, 0.15) is 17.3 Å². The van der Waals surface area contributed by atoms with E-state index >= 15 is 0 Å². The van der Waals surface area contributed by atoms with Crippen molar-refractivity contribution in [1.29, 1.82) is 0 Å². The van der Waals surface area contributed by atoms with Crippen LogP contribution in [-0.4, -0.2) is 56.6 Å². The van der Waals surface area contributed by atoms with Gasteiger partial charge in [-0.1, -0.05) is 29.3 Å². The zero-order valence-corrected chi connectivity index (χ0v) is 23.6. The van der Waals surface area contributed by atoms with E-state index in [9.17, 15) is 9.90 Å². The molecule has 1 aromatic carbocycles. The maximum atomic E-state index is 13.0. The number of amides is 1. The van der Waals surface area contributed by atoms with Gasteiger partial charge in [0.1, 0.15) is 5.56 Å².